The topological polar surface area (TPSA) is 151 Å². The first-order valence-electron chi connectivity index (χ1n) is 25.9. The second kappa shape index (κ2) is 22.6. The molecule has 2 aromatic heterocycles. The van der Waals surface area contributed by atoms with Crippen LogP contribution in [0.5, 0.6) is 0 Å². The molecule has 2 fully saturated rings. The van der Waals surface area contributed by atoms with Gasteiger partial charge in [0.1, 0.15) is 0 Å². The van der Waals surface area contributed by atoms with Crippen LogP contribution in [0.25, 0.3) is 44.5 Å². The van der Waals surface area contributed by atoms with Crippen LogP contribution in [-0.2, 0) is 46.4 Å². The fourth-order valence-electron chi connectivity index (χ4n) is 10.4. The van der Waals surface area contributed by atoms with Crippen molar-refractivity contribution in [1.82, 2.24) is 19.6 Å². The monoisotopic (exact) mass is 974 g/mol. The molecule has 4 N–H and O–H groups in total. The number of nitrogens with zero attached hydrogens (tertiary/aromatic N) is 4. The quantitative estimate of drug-likeness (QED) is 0.0556. The Bertz CT molecular complexity index is 3080. The molecule has 0 saturated heterocycles. The molecule has 10 heteroatoms. The fraction of sp³-hybridized carbons (Fsp3) is 0.302. The molecule has 6 aromatic carbocycles. The molecule has 2 saturated carbocycles. The van der Waals surface area contributed by atoms with Crippen LogP contribution in [0.3, 0.4) is 0 Å². The van der Waals surface area contributed by atoms with E-state index in [0.717, 1.165) is 106 Å². The van der Waals surface area contributed by atoms with Crippen LogP contribution in [0, 0.1) is 0 Å². The van der Waals surface area contributed by atoms with Gasteiger partial charge in [-0.25, -0.2) is 0 Å². The highest BCUT2D eigenvalue weighted by Crippen LogP contribution is 2.51. The van der Waals surface area contributed by atoms with E-state index in [2.05, 4.69) is 119 Å². The summed E-state index contributed by atoms with van der Waals surface area (Å²) in [6.07, 6.45) is 11.1. The number of rotatable bonds is 21. The summed E-state index contributed by atoms with van der Waals surface area (Å²) in [5.41, 5.74) is 13.8. The number of aryl methyl sites for hydroxylation is 4. The highest BCUT2D eigenvalue weighted by Gasteiger charge is 2.51. The van der Waals surface area contributed by atoms with Gasteiger partial charge in [0.2, 0.25) is 0 Å². The lowest BCUT2D eigenvalue weighted by molar-refractivity contribution is -0.140. The van der Waals surface area contributed by atoms with E-state index in [0.29, 0.717) is 38.8 Å². The smallest absolute Gasteiger partial charge is 0.314 e. The molecule has 8 aromatic rings. The summed E-state index contributed by atoms with van der Waals surface area (Å²) in [4.78, 5) is 22.8. The van der Waals surface area contributed by atoms with Crippen LogP contribution in [0.15, 0.2) is 170 Å². The minimum Gasteiger partial charge on any atom is -0.481 e. The number of aliphatic hydroxyl groups excluding tert-OH is 2. The van der Waals surface area contributed by atoms with E-state index < -0.39 is 29.6 Å². The van der Waals surface area contributed by atoms with Crippen molar-refractivity contribution >= 4 is 11.9 Å². The molecule has 0 aliphatic heterocycles. The molecule has 2 heterocycles. The Kier molecular flexibility index (Phi) is 15.6. The summed E-state index contributed by atoms with van der Waals surface area (Å²) in [5, 5.41) is 50.1. The zero-order valence-electron chi connectivity index (χ0n) is 41.9. The van der Waals surface area contributed by atoms with E-state index in [1.54, 1.807) is 0 Å². The van der Waals surface area contributed by atoms with Crippen LogP contribution in [0.4, 0.5) is 0 Å². The Labute approximate surface area is 428 Å². The maximum Gasteiger partial charge on any atom is 0.314 e. The van der Waals surface area contributed by atoms with E-state index in [-0.39, 0.29) is 11.8 Å². The third-order valence-corrected chi connectivity index (χ3v) is 15.1. The molecule has 0 amide bonds. The Morgan fingerprint density at radius 3 is 1.22 bits per heavy atom. The number of carboxylic acid groups (broad SMARTS) is 2. The maximum absolute atomic E-state index is 11.6. The van der Waals surface area contributed by atoms with E-state index >= 15 is 0 Å². The molecule has 2 aliphatic rings. The minimum absolute atomic E-state index is 0.175. The highest BCUT2D eigenvalue weighted by atomic mass is 16.4. The second-order valence-electron chi connectivity index (χ2n) is 19.9. The van der Waals surface area contributed by atoms with Crippen molar-refractivity contribution < 1.29 is 30.0 Å². The van der Waals surface area contributed by atoms with Gasteiger partial charge in [-0.05, 0) is 134 Å². The lowest BCUT2D eigenvalue weighted by Gasteiger charge is -2.16. The fourth-order valence-corrected chi connectivity index (χ4v) is 10.4. The van der Waals surface area contributed by atoms with E-state index in [9.17, 15) is 30.0 Å². The van der Waals surface area contributed by atoms with Crippen LogP contribution in [0.2, 0.25) is 0 Å². The lowest BCUT2D eigenvalue weighted by atomic mass is 9.90. The van der Waals surface area contributed by atoms with Gasteiger partial charge < -0.3 is 20.4 Å². The normalized spacial score (nSPS) is 14.9. The molecule has 10 nitrogen and oxygen atoms in total. The minimum atomic E-state index is -0.732. The zero-order valence-corrected chi connectivity index (χ0v) is 41.9. The highest BCUT2D eigenvalue weighted by molar-refractivity contribution is 5.85. The summed E-state index contributed by atoms with van der Waals surface area (Å²) in [6, 6.07) is 53.6. The number of aliphatic carboxylic acids is 2. The van der Waals surface area contributed by atoms with Crippen molar-refractivity contribution in [3.8, 4) is 44.5 Å². The van der Waals surface area contributed by atoms with Gasteiger partial charge >= 0.3 is 11.9 Å². The molecule has 0 bridgehead atoms. The van der Waals surface area contributed by atoms with Crippen molar-refractivity contribution in [2.24, 2.45) is 0 Å². The molecule has 10 rings (SSSR count). The first kappa shape index (κ1) is 50.5. The molecule has 73 heavy (non-hydrogen) atoms. The van der Waals surface area contributed by atoms with Crippen LogP contribution in [-0.4, -0.2) is 51.9 Å². The number of hydrogen-bond donors (Lipinski definition) is 4. The van der Waals surface area contributed by atoms with Crippen molar-refractivity contribution in [2.75, 3.05) is 0 Å². The number of hydrogen-bond acceptors (Lipinski definition) is 6. The maximum atomic E-state index is 11.6. The van der Waals surface area contributed by atoms with Crippen LogP contribution >= 0.6 is 0 Å². The molecule has 374 valence electrons. The van der Waals surface area contributed by atoms with Crippen molar-refractivity contribution in [1.29, 1.82) is 0 Å². The molecular formula is C63H66N4O6. The average molecular weight is 975 g/mol. The van der Waals surface area contributed by atoms with Gasteiger partial charge in [0, 0.05) is 29.6 Å². The zero-order chi connectivity index (χ0) is 51.0. The van der Waals surface area contributed by atoms with E-state index in [4.69, 9.17) is 0 Å². The summed E-state index contributed by atoms with van der Waals surface area (Å²) >= 11 is 0. The van der Waals surface area contributed by atoms with Crippen LogP contribution < -0.4 is 0 Å². The van der Waals surface area contributed by atoms with Gasteiger partial charge in [-0.1, -0.05) is 158 Å². The van der Waals surface area contributed by atoms with Gasteiger partial charge in [0.25, 0.3) is 0 Å². The molecule has 2 atom stereocenters. The van der Waals surface area contributed by atoms with Gasteiger partial charge in [0.05, 0.1) is 47.8 Å². The van der Waals surface area contributed by atoms with Crippen LogP contribution in [0.1, 0.15) is 117 Å². The summed E-state index contributed by atoms with van der Waals surface area (Å²) in [5.74, 6) is -1.46. The third kappa shape index (κ3) is 11.6. The van der Waals surface area contributed by atoms with Gasteiger partial charge in [-0.3, -0.25) is 19.0 Å². The molecule has 0 radical (unpaired) electrons. The standard InChI is InChI=1S/C32H34N2O3.C31H32N2O3/c1-2-34-31(29(35)10-6-9-23-7-4-3-5-8-23)28(22-33-34)26-13-11-24(12-14-26)25-15-17-27(18-16-25)32(19-20-32)21-30(36)37;1-2-33-29(28(34)10-6-9-22-7-4-3-5-8-22)27(21-32-33)25-13-11-23(12-14-25)24-15-17-26(18-16-24)31(19-20-31)30(35)36/h3-5,7-8,11-18,22,29,35H,2,6,9-10,19-21H2,1H3,(H,36,37);3-5,7-8,11-18,21,28,34H,2,6,9-10,19-20H2,1H3,(H,35,36). The Balaban J connectivity index is 0.000000180. The number of aromatic nitrogens is 4. The Morgan fingerprint density at radius 1 is 0.507 bits per heavy atom. The van der Waals surface area contributed by atoms with Gasteiger partial charge in [0.15, 0.2) is 0 Å². The van der Waals surface area contributed by atoms with Gasteiger partial charge in [-0.2, -0.15) is 10.2 Å². The molecule has 0 spiro atoms. The number of carbonyl (C=O) groups is 2. The Morgan fingerprint density at radius 2 is 0.877 bits per heavy atom. The number of aliphatic hydroxyl groups is 2. The molecular weight excluding hydrogens is 909 g/mol. The predicted molar refractivity (Wildman–Crippen MR) is 288 cm³/mol. The molecule has 2 unspecified atom stereocenters. The SMILES string of the molecule is CCn1ncc(-c2ccc(-c3ccc(C4(C(=O)O)CC4)cc3)cc2)c1C(O)CCCc1ccccc1.CCn1ncc(-c2ccc(-c3ccc(C4(CC(=O)O)CC4)cc3)cc2)c1C(O)CCCc1ccccc1. The van der Waals surface area contributed by atoms with E-state index in [1.165, 1.54) is 11.1 Å². The second-order valence-corrected chi connectivity index (χ2v) is 19.9. The first-order valence-corrected chi connectivity index (χ1v) is 25.9. The Hall–Kier alpha value is -7.40. The predicted octanol–water partition coefficient (Wildman–Crippen LogP) is 13.2. The lowest BCUT2D eigenvalue weighted by Crippen LogP contribution is -2.19. The largest absolute Gasteiger partial charge is 0.481 e. The van der Waals surface area contributed by atoms with Crippen molar-refractivity contribution in [3.63, 3.8) is 0 Å². The average Bonchev–Trinajstić information content (AvgIpc) is 4.32. The number of benzene rings is 6. The van der Waals surface area contributed by atoms with Crippen molar-refractivity contribution in [3.05, 3.63) is 204 Å². The number of carboxylic acids is 2. The summed E-state index contributed by atoms with van der Waals surface area (Å²) in [7, 11) is 0. The first-order chi connectivity index (χ1) is 35.5. The molecule has 2 aliphatic carbocycles. The summed E-state index contributed by atoms with van der Waals surface area (Å²) in [6.45, 7) is 5.50. The third-order valence-electron chi connectivity index (χ3n) is 15.1. The summed E-state index contributed by atoms with van der Waals surface area (Å²) < 4.78 is 3.80. The van der Waals surface area contributed by atoms with Crippen molar-refractivity contribution in [2.45, 2.75) is 121 Å². The van der Waals surface area contributed by atoms with Gasteiger partial charge in [-0.15, -0.1) is 0 Å². The van der Waals surface area contributed by atoms with E-state index in [1.807, 2.05) is 84.1 Å².